The lowest BCUT2D eigenvalue weighted by Gasteiger charge is -2.29. The van der Waals surface area contributed by atoms with Gasteiger partial charge in [-0.25, -0.2) is 0 Å². The monoisotopic (exact) mass is 284 g/mol. The zero-order valence-corrected chi connectivity index (χ0v) is 12.8. The van der Waals surface area contributed by atoms with Crippen molar-refractivity contribution in [2.45, 2.75) is 19.4 Å². The molecule has 1 atom stereocenters. The maximum atomic E-state index is 6.01. The molecule has 0 aliphatic heterocycles. The fourth-order valence-electron chi connectivity index (χ4n) is 2.39. The fourth-order valence-corrected chi connectivity index (χ4v) is 2.39. The van der Waals surface area contributed by atoms with Crippen LogP contribution < -0.4 is 15.4 Å². The Morgan fingerprint density at radius 2 is 1.86 bits per heavy atom. The van der Waals surface area contributed by atoms with Gasteiger partial charge >= 0.3 is 0 Å². The van der Waals surface area contributed by atoms with Crippen LogP contribution in [0.3, 0.4) is 0 Å². The van der Waals surface area contributed by atoms with Crippen molar-refractivity contribution in [2.75, 3.05) is 25.1 Å². The van der Waals surface area contributed by atoms with Crippen LogP contribution in [-0.2, 0) is 0 Å². The first kappa shape index (κ1) is 15.4. The largest absolute Gasteiger partial charge is 0.494 e. The van der Waals surface area contributed by atoms with Gasteiger partial charge in [-0.15, -0.1) is 0 Å². The Morgan fingerprint density at radius 1 is 1.10 bits per heavy atom. The first-order valence-corrected chi connectivity index (χ1v) is 7.47. The molecule has 3 nitrogen and oxygen atoms in total. The van der Waals surface area contributed by atoms with E-state index in [0.717, 1.165) is 24.5 Å². The normalized spacial score (nSPS) is 12.0. The molecular weight excluding hydrogens is 260 g/mol. The van der Waals surface area contributed by atoms with E-state index in [1.54, 1.807) is 0 Å². The molecule has 0 heterocycles. The molecule has 0 aliphatic rings. The van der Waals surface area contributed by atoms with Gasteiger partial charge < -0.3 is 15.4 Å². The highest BCUT2D eigenvalue weighted by Gasteiger charge is 2.16. The third-order valence-corrected chi connectivity index (χ3v) is 3.57. The van der Waals surface area contributed by atoms with E-state index in [0.29, 0.717) is 6.54 Å². The second kappa shape index (κ2) is 7.70. The minimum absolute atomic E-state index is 0.137. The summed E-state index contributed by atoms with van der Waals surface area (Å²) in [5.74, 6) is 0.911. The Balaban J connectivity index is 2.20. The van der Waals surface area contributed by atoms with Gasteiger partial charge in [0.05, 0.1) is 12.6 Å². The predicted molar refractivity (Wildman–Crippen MR) is 88.9 cm³/mol. The molecular formula is C18H24N2O. The lowest BCUT2D eigenvalue weighted by molar-refractivity contribution is 0.317. The molecule has 0 saturated carbocycles. The molecule has 112 valence electrons. The van der Waals surface area contributed by atoms with Crippen LogP contribution in [0.25, 0.3) is 0 Å². The molecule has 0 aromatic heterocycles. The topological polar surface area (TPSA) is 38.5 Å². The predicted octanol–water partition coefficient (Wildman–Crippen LogP) is 3.61. The van der Waals surface area contributed by atoms with Crippen molar-refractivity contribution in [1.29, 1.82) is 0 Å². The number of nitrogens with zero attached hydrogens (tertiary/aromatic N) is 1. The lowest BCUT2D eigenvalue weighted by Crippen LogP contribution is -2.30. The first-order valence-electron chi connectivity index (χ1n) is 7.47. The van der Waals surface area contributed by atoms with Crippen LogP contribution >= 0.6 is 0 Å². The molecule has 2 aromatic carbocycles. The van der Waals surface area contributed by atoms with E-state index >= 15 is 0 Å². The highest BCUT2D eigenvalue weighted by molar-refractivity contribution is 5.48. The second-order valence-electron chi connectivity index (χ2n) is 5.12. The van der Waals surface area contributed by atoms with Crippen LogP contribution in [-0.4, -0.2) is 20.2 Å². The molecule has 1 unspecified atom stereocenters. The van der Waals surface area contributed by atoms with E-state index < -0.39 is 0 Å². The second-order valence-corrected chi connectivity index (χ2v) is 5.12. The van der Waals surface area contributed by atoms with Gasteiger partial charge in [-0.2, -0.15) is 0 Å². The Labute approximate surface area is 127 Å². The number of hydrogen-bond acceptors (Lipinski definition) is 3. The van der Waals surface area contributed by atoms with Crippen LogP contribution in [0.15, 0.2) is 54.6 Å². The smallest absolute Gasteiger partial charge is 0.119 e. The maximum Gasteiger partial charge on any atom is 0.119 e. The molecule has 3 heteroatoms. The molecule has 0 spiro atoms. The Bertz CT molecular complexity index is 542. The number of ether oxygens (including phenoxy) is 1. The molecule has 0 radical (unpaired) electrons. The van der Waals surface area contributed by atoms with E-state index in [9.17, 15) is 0 Å². The minimum Gasteiger partial charge on any atom is -0.494 e. The standard InChI is InChI=1S/C18H24N2O/c1-3-12-21-17-11-7-8-15(13-17)18(14-19)20(2)16-9-5-4-6-10-16/h4-11,13,18H,3,12,14,19H2,1-2H3. The summed E-state index contributed by atoms with van der Waals surface area (Å²) in [4.78, 5) is 2.21. The maximum absolute atomic E-state index is 6.01. The number of hydrogen-bond donors (Lipinski definition) is 1. The average molecular weight is 284 g/mol. The molecule has 2 rings (SSSR count). The van der Waals surface area contributed by atoms with E-state index in [4.69, 9.17) is 10.5 Å². The van der Waals surface area contributed by atoms with Crippen molar-refractivity contribution in [1.82, 2.24) is 0 Å². The van der Waals surface area contributed by atoms with Gasteiger partial charge in [0.2, 0.25) is 0 Å². The van der Waals surface area contributed by atoms with Crippen LogP contribution in [0.2, 0.25) is 0 Å². The zero-order chi connectivity index (χ0) is 15.1. The number of para-hydroxylation sites is 1. The van der Waals surface area contributed by atoms with E-state index in [1.165, 1.54) is 5.56 Å². The summed E-state index contributed by atoms with van der Waals surface area (Å²) in [7, 11) is 2.08. The number of anilines is 1. The number of benzene rings is 2. The molecule has 21 heavy (non-hydrogen) atoms. The average Bonchev–Trinajstić information content (AvgIpc) is 2.55. The third-order valence-electron chi connectivity index (χ3n) is 3.57. The summed E-state index contributed by atoms with van der Waals surface area (Å²) < 4.78 is 5.72. The van der Waals surface area contributed by atoms with Gasteiger partial charge in [0.25, 0.3) is 0 Å². The molecule has 0 aliphatic carbocycles. The van der Waals surface area contributed by atoms with Crippen molar-refractivity contribution in [3.8, 4) is 5.75 Å². The lowest BCUT2D eigenvalue weighted by atomic mass is 10.0. The van der Waals surface area contributed by atoms with Gasteiger partial charge in [-0.1, -0.05) is 37.3 Å². The van der Waals surface area contributed by atoms with Gasteiger partial charge in [0.15, 0.2) is 0 Å². The molecule has 0 saturated heterocycles. The van der Waals surface area contributed by atoms with Crippen molar-refractivity contribution < 1.29 is 4.74 Å². The number of nitrogens with two attached hydrogens (primary N) is 1. The Kier molecular flexibility index (Phi) is 5.64. The van der Waals surface area contributed by atoms with Crippen LogP contribution in [0, 0.1) is 0 Å². The molecule has 0 fully saturated rings. The van der Waals surface area contributed by atoms with Crippen molar-refractivity contribution in [3.05, 3.63) is 60.2 Å². The van der Waals surface area contributed by atoms with E-state index in [-0.39, 0.29) is 6.04 Å². The SMILES string of the molecule is CCCOc1cccc(C(CN)N(C)c2ccccc2)c1. The van der Waals surface area contributed by atoms with E-state index in [1.807, 2.05) is 30.3 Å². The summed E-state index contributed by atoms with van der Waals surface area (Å²) in [6.45, 7) is 3.41. The van der Waals surface area contributed by atoms with Crippen LogP contribution in [0.5, 0.6) is 5.75 Å². The highest BCUT2D eigenvalue weighted by Crippen LogP contribution is 2.27. The van der Waals surface area contributed by atoms with Crippen LogP contribution in [0.4, 0.5) is 5.69 Å². The molecule has 0 amide bonds. The fraction of sp³-hybridized carbons (Fsp3) is 0.333. The highest BCUT2D eigenvalue weighted by atomic mass is 16.5. The summed E-state index contributed by atoms with van der Waals surface area (Å²) >= 11 is 0. The van der Waals surface area contributed by atoms with Gasteiger partial charge in [0.1, 0.15) is 5.75 Å². The summed E-state index contributed by atoms with van der Waals surface area (Å²) in [5, 5.41) is 0. The van der Waals surface area contributed by atoms with Crippen LogP contribution in [0.1, 0.15) is 24.9 Å². The quantitative estimate of drug-likeness (QED) is 0.844. The summed E-state index contributed by atoms with van der Waals surface area (Å²) in [6.07, 6.45) is 1.01. The Hall–Kier alpha value is -2.00. The summed E-state index contributed by atoms with van der Waals surface area (Å²) in [5.41, 5.74) is 8.35. The molecule has 2 aromatic rings. The van der Waals surface area contributed by atoms with Gasteiger partial charge in [0, 0.05) is 19.3 Å². The van der Waals surface area contributed by atoms with Crippen molar-refractivity contribution in [3.63, 3.8) is 0 Å². The molecule has 0 bridgehead atoms. The zero-order valence-electron chi connectivity index (χ0n) is 12.8. The van der Waals surface area contributed by atoms with Gasteiger partial charge in [-0.05, 0) is 36.2 Å². The minimum atomic E-state index is 0.137. The molecule has 2 N–H and O–H groups in total. The summed E-state index contributed by atoms with van der Waals surface area (Å²) in [6, 6.07) is 18.7. The number of likely N-dealkylation sites (N-methyl/N-ethyl adjacent to an activating group) is 1. The Morgan fingerprint density at radius 3 is 2.52 bits per heavy atom. The van der Waals surface area contributed by atoms with Gasteiger partial charge in [-0.3, -0.25) is 0 Å². The van der Waals surface area contributed by atoms with E-state index in [2.05, 4.69) is 43.1 Å². The first-order chi connectivity index (χ1) is 10.3. The number of rotatable bonds is 7. The van der Waals surface area contributed by atoms with Crippen molar-refractivity contribution >= 4 is 5.69 Å². The third kappa shape index (κ3) is 3.99. The van der Waals surface area contributed by atoms with Crippen molar-refractivity contribution in [2.24, 2.45) is 5.73 Å².